The molecule has 15 heavy (non-hydrogen) atoms. The van der Waals surface area contributed by atoms with Crippen molar-refractivity contribution in [1.29, 1.82) is 0 Å². The van der Waals surface area contributed by atoms with Crippen LogP contribution in [0.4, 0.5) is 5.13 Å². The number of thiophene rings is 1. The number of aryl methyl sites for hydroxylation is 1. The largest absolute Gasteiger partial charge is 0.357 e. The highest BCUT2D eigenvalue weighted by Crippen LogP contribution is 2.17. The van der Waals surface area contributed by atoms with E-state index < -0.39 is 0 Å². The van der Waals surface area contributed by atoms with E-state index in [0.29, 0.717) is 6.04 Å². The van der Waals surface area contributed by atoms with Gasteiger partial charge >= 0.3 is 0 Å². The molecule has 2 rings (SSSR count). The Bertz CT molecular complexity index is 408. The van der Waals surface area contributed by atoms with Crippen molar-refractivity contribution in [3.05, 3.63) is 27.4 Å². The summed E-state index contributed by atoms with van der Waals surface area (Å²) in [5.41, 5.74) is 0. The molecular weight excluding hydrogens is 226 g/mol. The maximum Gasteiger partial charge on any atom is 0.205 e. The summed E-state index contributed by atoms with van der Waals surface area (Å²) in [5.74, 6) is 0. The molecule has 80 valence electrons. The first-order valence-corrected chi connectivity index (χ1v) is 6.52. The molecule has 1 unspecified atom stereocenters. The summed E-state index contributed by atoms with van der Waals surface area (Å²) < 4.78 is 0. The van der Waals surface area contributed by atoms with E-state index in [4.69, 9.17) is 0 Å². The molecule has 0 aromatic carbocycles. The van der Waals surface area contributed by atoms with Crippen molar-refractivity contribution in [3.8, 4) is 0 Å². The van der Waals surface area contributed by atoms with Crippen LogP contribution in [0.5, 0.6) is 0 Å². The number of anilines is 1. The number of nitrogens with one attached hydrogen (secondary N) is 1. The van der Waals surface area contributed by atoms with E-state index in [2.05, 4.69) is 40.0 Å². The molecule has 2 aromatic heterocycles. The third-order valence-corrected chi connectivity index (χ3v) is 3.65. The van der Waals surface area contributed by atoms with Gasteiger partial charge in [-0.1, -0.05) is 17.4 Å². The van der Waals surface area contributed by atoms with Crippen LogP contribution < -0.4 is 5.32 Å². The summed E-state index contributed by atoms with van der Waals surface area (Å²) in [6.45, 7) is 4.13. The van der Waals surface area contributed by atoms with Crippen LogP contribution in [0.1, 0.15) is 16.8 Å². The third-order valence-electron chi connectivity index (χ3n) is 1.98. The summed E-state index contributed by atoms with van der Waals surface area (Å²) in [4.78, 5) is 1.40. The molecule has 0 spiro atoms. The number of aromatic nitrogens is 2. The molecule has 1 N–H and O–H groups in total. The normalized spacial score (nSPS) is 12.7. The number of hydrogen-bond acceptors (Lipinski definition) is 5. The van der Waals surface area contributed by atoms with Crippen LogP contribution in [-0.2, 0) is 6.42 Å². The van der Waals surface area contributed by atoms with Gasteiger partial charge in [-0.15, -0.1) is 21.5 Å². The molecule has 2 aromatic rings. The van der Waals surface area contributed by atoms with Crippen LogP contribution in [0.3, 0.4) is 0 Å². The van der Waals surface area contributed by atoms with Crippen LogP contribution in [0.25, 0.3) is 0 Å². The number of hydrogen-bond donors (Lipinski definition) is 1. The van der Waals surface area contributed by atoms with Crippen LogP contribution in [0, 0.1) is 6.92 Å². The minimum Gasteiger partial charge on any atom is -0.357 e. The maximum atomic E-state index is 4.05. The van der Waals surface area contributed by atoms with Crippen LogP contribution >= 0.6 is 22.7 Å². The molecule has 0 radical (unpaired) electrons. The Balaban J connectivity index is 1.90. The van der Waals surface area contributed by atoms with Gasteiger partial charge in [-0.05, 0) is 25.3 Å². The summed E-state index contributed by atoms with van der Waals surface area (Å²) in [6.07, 6.45) is 1.04. The van der Waals surface area contributed by atoms with Crippen LogP contribution in [0.15, 0.2) is 17.5 Å². The van der Waals surface area contributed by atoms with Gasteiger partial charge < -0.3 is 5.32 Å². The Morgan fingerprint density at radius 2 is 2.33 bits per heavy atom. The topological polar surface area (TPSA) is 37.8 Å². The molecule has 0 amide bonds. The molecule has 0 fully saturated rings. The van der Waals surface area contributed by atoms with E-state index in [9.17, 15) is 0 Å². The molecule has 0 aliphatic rings. The summed E-state index contributed by atoms with van der Waals surface area (Å²) in [7, 11) is 0. The van der Waals surface area contributed by atoms with Gasteiger partial charge in [0.2, 0.25) is 5.13 Å². The Morgan fingerprint density at radius 3 is 2.93 bits per heavy atom. The minimum absolute atomic E-state index is 0.399. The zero-order chi connectivity index (χ0) is 10.7. The molecule has 2 heterocycles. The molecular formula is C10H13N3S2. The first-order chi connectivity index (χ1) is 7.24. The second-order valence-corrected chi connectivity index (χ2v) is 5.67. The van der Waals surface area contributed by atoms with E-state index in [0.717, 1.165) is 16.6 Å². The van der Waals surface area contributed by atoms with Crippen molar-refractivity contribution in [3.63, 3.8) is 0 Å². The van der Waals surface area contributed by atoms with Gasteiger partial charge in [0.05, 0.1) is 0 Å². The van der Waals surface area contributed by atoms with Crippen molar-refractivity contribution >= 4 is 27.8 Å². The number of rotatable bonds is 4. The van der Waals surface area contributed by atoms with E-state index in [1.165, 1.54) is 4.88 Å². The lowest BCUT2D eigenvalue weighted by molar-refractivity contribution is 0.795. The zero-order valence-electron chi connectivity index (χ0n) is 8.73. The summed E-state index contributed by atoms with van der Waals surface area (Å²) in [5, 5.41) is 15.4. The Kier molecular flexibility index (Phi) is 3.33. The summed E-state index contributed by atoms with van der Waals surface area (Å²) in [6, 6.07) is 4.65. The lowest BCUT2D eigenvalue weighted by atomic mass is 10.2. The molecule has 5 heteroatoms. The fourth-order valence-electron chi connectivity index (χ4n) is 1.35. The predicted octanol–water partition coefficient (Wildman–Crippen LogP) is 2.95. The van der Waals surface area contributed by atoms with Gasteiger partial charge in [-0.2, -0.15) is 0 Å². The second kappa shape index (κ2) is 4.72. The fraction of sp³-hybridized carbons (Fsp3) is 0.400. The first-order valence-electron chi connectivity index (χ1n) is 4.83. The van der Waals surface area contributed by atoms with Gasteiger partial charge in [-0.25, -0.2) is 0 Å². The molecule has 0 saturated heterocycles. The van der Waals surface area contributed by atoms with E-state index in [-0.39, 0.29) is 0 Å². The lowest BCUT2D eigenvalue weighted by Gasteiger charge is -2.10. The van der Waals surface area contributed by atoms with Gasteiger partial charge in [0.15, 0.2) is 0 Å². The van der Waals surface area contributed by atoms with Crippen molar-refractivity contribution in [2.45, 2.75) is 26.3 Å². The first kappa shape index (κ1) is 10.6. The minimum atomic E-state index is 0.399. The highest BCUT2D eigenvalue weighted by atomic mass is 32.1. The Hall–Kier alpha value is -0.940. The van der Waals surface area contributed by atoms with E-state index >= 15 is 0 Å². The Labute approximate surface area is 97.2 Å². The molecule has 0 bridgehead atoms. The van der Waals surface area contributed by atoms with E-state index in [1.807, 2.05) is 6.92 Å². The van der Waals surface area contributed by atoms with Crippen LogP contribution in [0.2, 0.25) is 0 Å². The van der Waals surface area contributed by atoms with Crippen molar-refractivity contribution in [1.82, 2.24) is 10.2 Å². The van der Waals surface area contributed by atoms with Crippen molar-refractivity contribution < 1.29 is 0 Å². The van der Waals surface area contributed by atoms with Crippen LogP contribution in [-0.4, -0.2) is 16.2 Å². The third kappa shape index (κ3) is 3.00. The highest BCUT2D eigenvalue weighted by Gasteiger charge is 2.07. The molecule has 3 nitrogen and oxygen atoms in total. The summed E-state index contributed by atoms with van der Waals surface area (Å²) >= 11 is 3.39. The quantitative estimate of drug-likeness (QED) is 0.891. The van der Waals surface area contributed by atoms with Gasteiger partial charge in [0.1, 0.15) is 5.01 Å². The Morgan fingerprint density at radius 1 is 1.47 bits per heavy atom. The van der Waals surface area contributed by atoms with E-state index in [1.54, 1.807) is 22.7 Å². The van der Waals surface area contributed by atoms with Gasteiger partial charge in [0.25, 0.3) is 0 Å². The highest BCUT2D eigenvalue weighted by molar-refractivity contribution is 7.15. The fourth-order valence-corrected chi connectivity index (χ4v) is 2.89. The average Bonchev–Trinajstić information content (AvgIpc) is 2.77. The second-order valence-electron chi connectivity index (χ2n) is 3.46. The van der Waals surface area contributed by atoms with Gasteiger partial charge in [0, 0.05) is 17.3 Å². The molecule has 0 aliphatic heterocycles. The SMILES string of the molecule is Cc1nnc(NC(C)Cc2cccs2)s1. The predicted molar refractivity (Wildman–Crippen MR) is 65.8 cm³/mol. The smallest absolute Gasteiger partial charge is 0.205 e. The monoisotopic (exact) mass is 239 g/mol. The molecule has 1 atom stereocenters. The maximum absolute atomic E-state index is 4.05. The zero-order valence-corrected chi connectivity index (χ0v) is 10.4. The van der Waals surface area contributed by atoms with Crippen molar-refractivity contribution in [2.24, 2.45) is 0 Å². The van der Waals surface area contributed by atoms with Crippen molar-refractivity contribution in [2.75, 3.05) is 5.32 Å². The number of nitrogens with zero attached hydrogens (tertiary/aromatic N) is 2. The lowest BCUT2D eigenvalue weighted by Crippen LogP contribution is -2.17. The molecule has 0 saturated carbocycles. The standard InChI is InChI=1S/C10H13N3S2/c1-7(6-9-4-3-5-14-9)11-10-13-12-8(2)15-10/h3-5,7H,6H2,1-2H3,(H,11,13). The van der Waals surface area contributed by atoms with Gasteiger partial charge in [-0.3, -0.25) is 0 Å². The molecule has 0 aliphatic carbocycles. The average molecular weight is 239 g/mol.